The molecule has 0 aliphatic heterocycles. The molecule has 8 nitrogen and oxygen atoms in total. The van der Waals surface area contributed by atoms with Crippen molar-refractivity contribution in [1.82, 2.24) is 15.5 Å². The van der Waals surface area contributed by atoms with Gasteiger partial charge >= 0.3 is 6.09 Å². The molecule has 1 aromatic rings. The third-order valence-corrected chi connectivity index (χ3v) is 5.09. The molecule has 0 bridgehead atoms. The molecule has 2 unspecified atom stereocenters. The first-order chi connectivity index (χ1) is 15.4. The molecule has 1 aromatic carbocycles. The third kappa shape index (κ3) is 9.42. The maximum atomic E-state index is 13.4. The van der Waals surface area contributed by atoms with E-state index in [0.29, 0.717) is 12.1 Å². The van der Waals surface area contributed by atoms with Crippen LogP contribution in [0.15, 0.2) is 18.2 Å². The van der Waals surface area contributed by atoms with Crippen molar-refractivity contribution in [3.8, 4) is 0 Å². The molecule has 33 heavy (non-hydrogen) atoms. The summed E-state index contributed by atoms with van der Waals surface area (Å²) in [7, 11) is 0. The van der Waals surface area contributed by atoms with Crippen LogP contribution in [0.2, 0.25) is 0 Å². The summed E-state index contributed by atoms with van der Waals surface area (Å²) in [6.45, 7) is 12.8. The van der Waals surface area contributed by atoms with Crippen LogP contribution < -0.4 is 10.6 Å². The van der Waals surface area contributed by atoms with E-state index in [2.05, 4.69) is 17.6 Å². The van der Waals surface area contributed by atoms with Gasteiger partial charge in [-0.25, -0.2) is 4.79 Å². The van der Waals surface area contributed by atoms with Gasteiger partial charge in [0.25, 0.3) is 0 Å². The molecule has 0 aliphatic carbocycles. The Morgan fingerprint density at radius 3 is 2.36 bits per heavy atom. The molecule has 0 aromatic heterocycles. The minimum Gasteiger partial charge on any atom is -0.444 e. The van der Waals surface area contributed by atoms with Crippen molar-refractivity contribution in [3.05, 3.63) is 34.9 Å². The number of nitrogens with zero attached hydrogens (tertiary/aromatic N) is 1. The predicted octanol–water partition coefficient (Wildman–Crippen LogP) is 3.39. The number of amides is 3. The summed E-state index contributed by atoms with van der Waals surface area (Å²) in [6.07, 6.45) is 2.13. The van der Waals surface area contributed by atoms with Gasteiger partial charge in [-0.15, -0.1) is 0 Å². The number of carbonyl (C=O) groups excluding carboxylic acids is 3. The van der Waals surface area contributed by atoms with E-state index in [4.69, 9.17) is 4.74 Å². The standard InChI is InChI=1S/C25H41N3O5/c1-8-9-10-13-26-22(30)21(20-12-11-17(2)16-18(20)3)28(14-15-29)23(31)19(4)27-24(32)33-25(5,6)7/h11-12,16,19,21,29H,8-10,13-15H2,1-7H3,(H,26,30)(H,27,32). The number of aliphatic hydroxyl groups is 1. The van der Waals surface area contributed by atoms with Gasteiger partial charge in [-0.05, 0) is 59.1 Å². The van der Waals surface area contributed by atoms with E-state index in [1.807, 2.05) is 32.0 Å². The van der Waals surface area contributed by atoms with Gasteiger partial charge in [0.2, 0.25) is 11.8 Å². The van der Waals surface area contributed by atoms with Crippen molar-refractivity contribution < 1.29 is 24.2 Å². The molecule has 3 N–H and O–H groups in total. The number of nitrogens with one attached hydrogen (secondary N) is 2. The number of ether oxygens (including phenoxy) is 1. The highest BCUT2D eigenvalue weighted by Crippen LogP contribution is 2.26. The first-order valence-electron chi connectivity index (χ1n) is 11.7. The molecular formula is C25H41N3O5. The summed E-state index contributed by atoms with van der Waals surface area (Å²) in [4.78, 5) is 40.2. The van der Waals surface area contributed by atoms with Gasteiger partial charge in [0.05, 0.1) is 6.61 Å². The smallest absolute Gasteiger partial charge is 0.408 e. The molecule has 0 saturated heterocycles. The largest absolute Gasteiger partial charge is 0.444 e. The van der Waals surface area contributed by atoms with E-state index in [1.165, 1.54) is 11.8 Å². The SMILES string of the molecule is CCCCCNC(=O)C(c1ccc(C)cc1C)N(CCO)C(=O)C(C)NC(=O)OC(C)(C)C. The van der Waals surface area contributed by atoms with Gasteiger partial charge in [0.15, 0.2) is 0 Å². The summed E-state index contributed by atoms with van der Waals surface area (Å²) in [5.41, 5.74) is 1.88. The third-order valence-electron chi connectivity index (χ3n) is 5.09. The number of rotatable bonds is 11. The zero-order chi connectivity index (χ0) is 25.2. The molecule has 3 amide bonds. The van der Waals surface area contributed by atoms with Crippen LogP contribution in [0.4, 0.5) is 4.79 Å². The van der Waals surface area contributed by atoms with E-state index >= 15 is 0 Å². The molecule has 0 radical (unpaired) electrons. The van der Waals surface area contributed by atoms with Crippen molar-refractivity contribution in [2.24, 2.45) is 0 Å². The Balaban J connectivity index is 3.23. The van der Waals surface area contributed by atoms with Gasteiger partial charge in [-0.1, -0.05) is 43.5 Å². The summed E-state index contributed by atoms with van der Waals surface area (Å²) in [5.74, 6) is -0.798. The number of hydrogen-bond acceptors (Lipinski definition) is 5. The average Bonchev–Trinajstić information content (AvgIpc) is 2.70. The second-order valence-corrected chi connectivity index (χ2v) is 9.38. The number of aryl methyl sites for hydroxylation is 2. The fourth-order valence-corrected chi connectivity index (χ4v) is 3.54. The Morgan fingerprint density at radius 2 is 1.82 bits per heavy atom. The van der Waals surface area contributed by atoms with Crippen molar-refractivity contribution >= 4 is 17.9 Å². The first kappa shape index (κ1) is 28.4. The highest BCUT2D eigenvalue weighted by Gasteiger charge is 2.35. The van der Waals surface area contributed by atoms with Gasteiger partial charge in [-0.3, -0.25) is 9.59 Å². The highest BCUT2D eigenvalue weighted by molar-refractivity contribution is 5.92. The second-order valence-electron chi connectivity index (χ2n) is 9.38. The fourth-order valence-electron chi connectivity index (χ4n) is 3.54. The molecular weight excluding hydrogens is 422 g/mol. The lowest BCUT2D eigenvalue weighted by molar-refractivity contribution is -0.142. The summed E-state index contributed by atoms with van der Waals surface area (Å²) < 4.78 is 5.25. The number of carbonyl (C=O) groups is 3. The molecule has 0 fully saturated rings. The van der Waals surface area contributed by atoms with E-state index in [0.717, 1.165) is 30.4 Å². The molecule has 0 saturated carbocycles. The number of hydrogen-bond donors (Lipinski definition) is 3. The van der Waals surface area contributed by atoms with Gasteiger partial charge in [0, 0.05) is 13.1 Å². The molecule has 1 rings (SSSR count). The van der Waals surface area contributed by atoms with Crippen LogP contribution in [-0.2, 0) is 14.3 Å². The van der Waals surface area contributed by atoms with Crippen LogP contribution in [0.1, 0.15) is 76.6 Å². The quantitative estimate of drug-likeness (QED) is 0.436. The Kier molecular flexibility index (Phi) is 11.4. The van der Waals surface area contributed by atoms with Crippen LogP contribution in [0, 0.1) is 13.8 Å². The van der Waals surface area contributed by atoms with Crippen molar-refractivity contribution in [3.63, 3.8) is 0 Å². The molecule has 8 heteroatoms. The topological polar surface area (TPSA) is 108 Å². The Hall–Kier alpha value is -2.61. The number of benzene rings is 1. The summed E-state index contributed by atoms with van der Waals surface area (Å²) in [6, 6.07) is 3.80. The molecule has 0 heterocycles. The van der Waals surface area contributed by atoms with Gasteiger partial charge in [0.1, 0.15) is 17.7 Å². The highest BCUT2D eigenvalue weighted by atomic mass is 16.6. The van der Waals surface area contributed by atoms with Crippen LogP contribution in [-0.4, -0.2) is 59.3 Å². The maximum absolute atomic E-state index is 13.4. The first-order valence-corrected chi connectivity index (χ1v) is 11.7. The van der Waals surface area contributed by atoms with E-state index in [1.54, 1.807) is 20.8 Å². The van der Waals surface area contributed by atoms with Crippen LogP contribution in [0.25, 0.3) is 0 Å². The van der Waals surface area contributed by atoms with Gasteiger partial charge in [-0.2, -0.15) is 0 Å². The molecule has 2 atom stereocenters. The minimum absolute atomic E-state index is 0.0560. The van der Waals surface area contributed by atoms with Crippen molar-refractivity contribution in [2.45, 2.75) is 85.4 Å². The number of alkyl carbamates (subject to hydrolysis) is 1. The van der Waals surface area contributed by atoms with Crippen molar-refractivity contribution in [2.75, 3.05) is 19.7 Å². The lowest BCUT2D eigenvalue weighted by Gasteiger charge is -2.34. The average molecular weight is 464 g/mol. The molecule has 0 spiro atoms. The van der Waals surface area contributed by atoms with E-state index < -0.39 is 29.7 Å². The monoisotopic (exact) mass is 463 g/mol. The lowest BCUT2D eigenvalue weighted by Crippen LogP contribution is -2.52. The Morgan fingerprint density at radius 1 is 1.15 bits per heavy atom. The number of aliphatic hydroxyl groups excluding tert-OH is 1. The van der Waals surface area contributed by atoms with Crippen molar-refractivity contribution in [1.29, 1.82) is 0 Å². The fraction of sp³-hybridized carbons (Fsp3) is 0.640. The lowest BCUT2D eigenvalue weighted by atomic mass is 9.96. The van der Waals surface area contributed by atoms with Crippen LogP contribution in [0.3, 0.4) is 0 Å². The van der Waals surface area contributed by atoms with Crippen LogP contribution >= 0.6 is 0 Å². The van der Waals surface area contributed by atoms with Crippen LogP contribution in [0.5, 0.6) is 0 Å². The van der Waals surface area contributed by atoms with Gasteiger partial charge < -0.3 is 25.4 Å². The maximum Gasteiger partial charge on any atom is 0.408 e. The predicted molar refractivity (Wildman–Crippen MR) is 129 cm³/mol. The zero-order valence-electron chi connectivity index (χ0n) is 21.2. The number of unbranched alkanes of at least 4 members (excludes halogenated alkanes) is 2. The van der Waals surface area contributed by atoms with E-state index in [9.17, 15) is 19.5 Å². The minimum atomic E-state index is -0.951. The normalized spacial score (nSPS) is 13.1. The summed E-state index contributed by atoms with van der Waals surface area (Å²) in [5, 5.41) is 15.2. The van der Waals surface area contributed by atoms with E-state index in [-0.39, 0.29) is 19.1 Å². The zero-order valence-corrected chi connectivity index (χ0v) is 21.2. The second kappa shape index (κ2) is 13.2. The Bertz CT molecular complexity index is 804. The molecule has 186 valence electrons. The molecule has 0 aliphatic rings. The summed E-state index contributed by atoms with van der Waals surface area (Å²) >= 11 is 0. The Labute approximate surface area is 198 Å².